The van der Waals surface area contributed by atoms with E-state index in [-0.39, 0.29) is 32.5 Å². The fraction of sp³-hybridized carbons (Fsp3) is 0. The Bertz CT molecular complexity index is 122. The summed E-state index contributed by atoms with van der Waals surface area (Å²) in [6.45, 7) is 0. The molecule has 8 heavy (non-hydrogen) atoms. The van der Waals surface area contributed by atoms with Gasteiger partial charge in [0.2, 0.25) is 0 Å². The molecule has 0 aromatic carbocycles. The SMILES string of the molecule is O=C([O][Hg])C(I)=CI. The van der Waals surface area contributed by atoms with Gasteiger partial charge in [0.05, 0.1) is 0 Å². The Morgan fingerprint density at radius 2 is 2.25 bits per heavy atom. The predicted molar refractivity (Wildman–Crippen MR) is 42.2 cm³/mol. The summed E-state index contributed by atoms with van der Waals surface area (Å²) in [5, 5.41) is 0. The van der Waals surface area contributed by atoms with Crippen LogP contribution in [0, 0.1) is 0 Å². The van der Waals surface area contributed by atoms with Crippen LogP contribution in [-0.4, -0.2) is 5.97 Å². The van der Waals surface area contributed by atoms with E-state index in [1.165, 1.54) is 0 Å². The topological polar surface area (TPSA) is 26.3 Å². The molecule has 0 aromatic heterocycles. The molecule has 0 spiro atoms. The molecule has 0 amide bonds. The molecule has 0 rings (SSSR count). The van der Waals surface area contributed by atoms with Crippen molar-refractivity contribution in [1.29, 1.82) is 0 Å². The summed E-state index contributed by atoms with van der Waals surface area (Å²) in [7, 11) is 0. The first-order valence-electron chi connectivity index (χ1n) is 1.64. The maximum absolute atomic E-state index is 10.5. The molecule has 0 aliphatic heterocycles. The van der Waals surface area contributed by atoms with Gasteiger partial charge in [-0.05, 0) is 0 Å². The van der Waals surface area contributed by atoms with Crippen molar-refractivity contribution in [2.75, 3.05) is 0 Å². The fourth-order valence-corrected chi connectivity index (χ4v) is 2.27. The molecular formula is C3HHgI2O2. The molecule has 5 heteroatoms. The van der Waals surface area contributed by atoms with Gasteiger partial charge in [0.25, 0.3) is 0 Å². The molecule has 0 atom stereocenters. The molecule has 0 aliphatic carbocycles. The van der Waals surface area contributed by atoms with Crippen molar-refractivity contribution in [3.05, 3.63) is 7.66 Å². The van der Waals surface area contributed by atoms with Gasteiger partial charge in [0.15, 0.2) is 0 Å². The Morgan fingerprint density at radius 3 is 2.38 bits per heavy atom. The van der Waals surface area contributed by atoms with Crippen molar-refractivity contribution in [2.45, 2.75) is 0 Å². The zero-order valence-corrected chi connectivity index (χ0v) is 13.7. The Kier molecular flexibility index (Phi) is 6.48. The predicted octanol–water partition coefficient (Wildman–Crippen LogP) is 1.70. The van der Waals surface area contributed by atoms with E-state index in [1.54, 1.807) is 4.08 Å². The fourth-order valence-electron chi connectivity index (χ4n) is 0.113. The molecule has 0 unspecified atom stereocenters. The van der Waals surface area contributed by atoms with E-state index in [9.17, 15) is 4.79 Å². The van der Waals surface area contributed by atoms with Crippen LogP contribution in [0.4, 0.5) is 0 Å². The van der Waals surface area contributed by atoms with E-state index in [4.69, 9.17) is 0 Å². The zero-order valence-electron chi connectivity index (χ0n) is 3.86. The third-order valence-electron chi connectivity index (χ3n) is 0.422. The summed E-state index contributed by atoms with van der Waals surface area (Å²) in [6, 6.07) is 0. The minimum absolute atomic E-state index is 0.123. The molecule has 41 valence electrons. The number of carbonyl (C=O) groups is 1. The maximum atomic E-state index is 10.5. The summed E-state index contributed by atoms with van der Waals surface area (Å²) in [6.07, 6.45) is 0. The molecular weight excluding hydrogens is 522 g/mol. The van der Waals surface area contributed by atoms with Crippen molar-refractivity contribution in [3.8, 4) is 0 Å². The van der Waals surface area contributed by atoms with Crippen LogP contribution in [0.15, 0.2) is 7.66 Å². The number of carbonyl (C=O) groups excluding carboxylic acids is 1. The van der Waals surface area contributed by atoms with Crippen LogP contribution in [0.1, 0.15) is 0 Å². The van der Waals surface area contributed by atoms with Crippen molar-refractivity contribution < 1.29 is 34.0 Å². The summed E-state index contributed by atoms with van der Waals surface area (Å²) in [4.78, 5) is 10.5. The third kappa shape index (κ3) is 3.60. The molecule has 0 fully saturated rings. The summed E-state index contributed by atoms with van der Waals surface area (Å²) in [5.74, 6) is -0.191. The second-order valence-corrected chi connectivity index (χ2v) is 3.80. The zero-order chi connectivity index (χ0) is 6.57. The van der Waals surface area contributed by atoms with Crippen molar-refractivity contribution in [1.82, 2.24) is 0 Å². The van der Waals surface area contributed by atoms with Crippen LogP contribution in [0.3, 0.4) is 0 Å². The van der Waals surface area contributed by atoms with Crippen LogP contribution in [0.25, 0.3) is 0 Å². The number of halogens is 2. The van der Waals surface area contributed by atoms with Gasteiger partial charge in [-0.2, -0.15) is 0 Å². The summed E-state index contributed by atoms with van der Waals surface area (Å²) >= 11 is 4.07. The van der Waals surface area contributed by atoms with Crippen molar-refractivity contribution >= 4 is 51.2 Å². The molecule has 0 radical (unpaired) electrons. The van der Waals surface area contributed by atoms with Crippen molar-refractivity contribution in [3.63, 3.8) is 0 Å². The van der Waals surface area contributed by atoms with Crippen LogP contribution in [0.2, 0.25) is 0 Å². The molecule has 0 aromatic rings. The number of hydrogen-bond donors (Lipinski definition) is 0. The standard InChI is InChI=1S/C3H2I2O2.Hg/c4-1-2(5)3(6)7;/h1H,(H,6,7);/q;+1/p-1. The molecule has 0 aliphatic rings. The van der Waals surface area contributed by atoms with Gasteiger partial charge < -0.3 is 0 Å². The van der Waals surface area contributed by atoms with E-state index in [1.807, 2.05) is 45.2 Å². The Balaban J connectivity index is 3.83. The normalized spacial score (nSPS) is 11.2. The van der Waals surface area contributed by atoms with Gasteiger partial charge in [-0.25, -0.2) is 0 Å². The molecule has 0 saturated carbocycles. The third-order valence-corrected chi connectivity index (χ3v) is 4.01. The van der Waals surface area contributed by atoms with Gasteiger partial charge in [0.1, 0.15) is 0 Å². The Labute approximate surface area is 91.3 Å². The van der Waals surface area contributed by atoms with Crippen LogP contribution < -0.4 is 0 Å². The molecule has 0 heterocycles. The van der Waals surface area contributed by atoms with E-state index >= 15 is 0 Å². The molecule has 0 N–H and O–H groups in total. The quantitative estimate of drug-likeness (QED) is 0.297. The minimum atomic E-state index is -0.191. The summed E-state index contributed by atoms with van der Waals surface area (Å²) in [5.41, 5.74) is 0. The van der Waals surface area contributed by atoms with Crippen LogP contribution in [-0.2, 0) is 34.0 Å². The number of rotatable bonds is 1. The van der Waals surface area contributed by atoms with E-state index < -0.39 is 0 Å². The summed E-state index contributed by atoms with van der Waals surface area (Å²) < 4.78 is 6.93. The first-order chi connectivity index (χ1) is 3.72. The second kappa shape index (κ2) is 5.39. The van der Waals surface area contributed by atoms with E-state index in [0.717, 1.165) is 0 Å². The monoisotopic (exact) mass is 525 g/mol. The molecule has 2 nitrogen and oxygen atoms in total. The van der Waals surface area contributed by atoms with Gasteiger partial charge >= 0.3 is 92.8 Å². The Morgan fingerprint density at radius 1 is 1.75 bits per heavy atom. The average molecular weight is 523 g/mol. The first-order valence-corrected chi connectivity index (χ1v) is 6.21. The second-order valence-electron chi connectivity index (χ2n) is 0.889. The van der Waals surface area contributed by atoms with Crippen molar-refractivity contribution in [2.24, 2.45) is 0 Å². The molecule has 0 bridgehead atoms. The van der Waals surface area contributed by atoms with Gasteiger partial charge in [-0.15, -0.1) is 0 Å². The Hall–Kier alpha value is 1.61. The first kappa shape index (κ1) is 9.61. The molecule has 0 saturated heterocycles. The number of hydrogen-bond acceptors (Lipinski definition) is 2. The van der Waals surface area contributed by atoms with Gasteiger partial charge in [-0.1, -0.05) is 0 Å². The van der Waals surface area contributed by atoms with E-state index in [2.05, 4.69) is 2.64 Å². The van der Waals surface area contributed by atoms with Crippen LogP contribution >= 0.6 is 45.2 Å². The van der Waals surface area contributed by atoms with Gasteiger partial charge in [-0.3, -0.25) is 0 Å². The van der Waals surface area contributed by atoms with Gasteiger partial charge in [0, 0.05) is 0 Å². The van der Waals surface area contributed by atoms with Crippen LogP contribution in [0.5, 0.6) is 0 Å². The van der Waals surface area contributed by atoms with E-state index in [0.29, 0.717) is 3.58 Å². The average Bonchev–Trinajstić information content (AvgIpc) is 1.84.